The van der Waals surface area contributed by atoms with Crippen molar-refractivity contribution in [3.05, 3.63) is 24.0 Å². The molecule has 1 heterocycles. The molecule has 5 nitrogen and oxygen atoms in total. The monoisotopic (exact) mass is 223 g/mol. The van der Waals surface area contributed by atoms with Crippen molar-refractivity contribution in [2.75, 3.05) is 18.5 Å². The topological polar surface area (TPSA) is 88.2 Å². The van der Waals surface area contributed by atoms with Crippen LogP contribution in [0, 0.1) is 5.92 Å². The van der Waals surface area contributed by atoms with Gasteiger partial charge in [0.15, 0.2) is 0 Å². The van der Waals surface area contributed by atoms with Crippen LogP contribution >= 0.6 is 0 Å². The largest absolute Gasteiger partial charge is 0.396 e. The zero-order chi connectivity index (χ0) is 12.0. The average Bonchev–Trinajstić information content (AvgIpc) is 2.27. The van der Waals surface area contributed by atoms with Crippen LogP contribution in [0.1, 0.15) is 23.8 Å². The lowest BCUT2D eigenvalue weighted by Crippen LogP contribution is -2.15. The summed E-state index contributed by atoms with van der Waals surface area (Å²) in [6, 6.07) is 3.39. The van der Waals surface area contributed by atoms with Gasteiger partial charge >= 0.3 is 0 Å². The number of pyridine rings is 1. The number of aromatic nitrogens is 1. The van der Waals surface area contributed by atoms with E-state index in [2.05, 4.69) is 10.3 Å². The summed E-state index contributed by atoms with van der Waals surface area (Å²) >= 11 is 0. The highest BCUT2D eigenvalue weighted by Crippen LogP contribution is 2.09. The van der Waals surface area contributed by atoms with Crippen molar-refractivity contribution < 1.29 is 9.90 Å². The van der Waals surface area contributed by atoms with Gasteiger partial charge in [-0.1, -0.05) is 6.92 Å². The van der Waals surface area contributed by atoms with E-state index < -0.39 is 5.91 Å². The summed E-state index contributed by atoms with van der Waals surface area (Å²) in [7, 11) is 0. The van der Waals surface area contributed by atoms with E-state index in [1.54, 1.807) is 18.3 Å². The summed E-state index contributed by atoms with van der Waals surface area (Å²) in [5, 5.41) is 11.9. The van der Waals surface area contributed by atoms with E-state index >= 15 is 0 Å². The first-order chi connectivity index (χ1) is 7.63. The van der Waals surface area contributed by atoms with Crippen molar-refractivity contribution in [2.24, 2.45) is 11.7 Å². The minimum atomic E-state index is -0.535. The minimum Gasteiger partial charge on any atom is -0.396 e. The summed E-state index contributed by atoms with van der Waals surface area (Å²) in [5.41, 5.74) is 6.19. The zero-order valence-electron chi connectivity index (χ0n) is 9.31. The number of hydrogen-bond donors (Lipinski definition) is 3. The first-order valence-corrected chi connectivity index (χ1v) is 5.24. The highest BCUT2D eigenvalue weighted by molar-refractivity contribution is 5.91. The number of carbonyl (C=O) groups excluding carboxylic acids is 1. The van der Waals surface area contributed by atoms with Gasteiger partial charge in [0.1, 0.15) is 5.69 Å². The third-order valence-electron chi connectivity index (χ3n) is 2.29. The number of aliphatic hydroxyl groups excluding tert-OH is 1. The van der Waals surface area contributed by atoms with Gasteiger partial charge in [-0.05, 0) is 24.5 Å². The number of hydrogen-bond acceptors (Lipinski definition) is 4. The molecular formula is C11H17N3O2. The Labute approximate surface area is 94.7 Å². The van der Waals surface area contributed by atoms with E-state index in [1.807, 2.05) is 6.92 Å². The Bertz CT molecular complexity index is 355. The molecule has 0 aliphatic carbocycles. The zero-order valence-corrected chi connectivity index (χ0v) is 9.31. The summed E-state index contributed by atoms with van der Waals surface area (Å²) in [6.45, 7) is 2.97. The van der Waals surface area contributed by atoms with Crippen LogP contribution in [0.5, 0.6) is 0 Å². The molecule has 0 aliphatic heterocycles. The van der Waals surface area contributed by atoms with Crippen molar-refractivity contribution in [3.63, 3.8) is 0 Å². The highest BCUT2D eigenvalue weighted by Gasteiger charge is 2.04. The lowest BCUT2D eigenvalue weighted by Gasteiger charge is -2.12. The smallest absolute Gasteiger partial charge is 0.267 e. The third-order valence-corrected chi connectivity index (χ3v) is 2.29. The summed E-state index contributed by atoms with van der Waals surface area (Å²) < 4.78 is 0. The first-order valence-electron chi connectivity index (χ1n) is 5.24. The third kappa shape index (κ3) is 3.86. The second-order valence-electron chi connectivity index (χ2n) is 3.79. The van der Waals surface area contributed by atoms with Crippen LogP contribution in [0.25, 0.3) is 0 Å². The Morgan fingerprint density at radius 1 is 1.69 bits per heavy atom. The normalized spacial score (nSPS) is 12.1. The lowest BCUT2D eigenvalue weighted by atomic mass is 10.1. The van der Waals surface area contributed by atoms with E-state index in [4.69, 9.17) is 10.8 Å². The maximum atomic E-state index is 10.9. The summed E-state index contributed by atoms with van der Waals surface area (Å²) in [5.74, 6) is -0.165. The van der Waals surface area contributed by atoms with Crippen molar-refractivity contribution in [1.82, 2.24) is 4.98 Å². The number of primary amides is 1. The number of rotatable bonds is 6. The molecule has 0 saturated heterocycles. The Morgan fingerprint density at radius 2 is 2.44 bits per heavy atom. The Kier molecular flexibility index (Phi) is 4.72. The van der Waals surface area contributed by atoms with E-state index in [1.165, 1.54) is 0 Å². The fraction of sp³-hybridized carbons (Fsp3) is 0.455. The molecule has 1 aromatic heterocycles. The standard InChI is InChI=1S/C11H17N3O2/c1-8(3-5-15)7-14-9-2-4-13-10(6-9)11(12)16/h2,4,6,8,15H,3,5,7H2,1H3,(H2,12,16)(H,13,14). The van der Waals surface area contributed by atoms with Crippen molar-refractivity contribution in [2.45, 2.75) is 13.3 Å². The van der Waals surface area contributed by atoms with Gasteiger partial charge in [0, 0.05) is 25.0 Å². The van der Waals surface area contributed by atoms with Crippen LogP contribution in [-0.2, 0) is 0 Å². The molecule has 0 saturated carbocycles. The predicted molar refractivity (Wildman–Crippen MR) is 62.1 cm³/mol. The van der Waals surface area contributed by atoms with Gasteiger partial charge < -0.3 is 16.2 Å². The molecule has 5 heteroatoms. The number of amides is 1. The second kappa shape index (κ2) is 6.07. The molecule has 1 aromatic rings. The SMILES string of the molecule is CC(CCO)CNc1ccnc(C(N)=O)c1. The van der Waals surface area contributed by atoms with E-state index in [-0.39, 0.29) is 12.3 Å². The van der Waals surface area contributed by atoms with E-state index in [0.29, 0.717) is 5.92 Å². The highest BCUT2D eigenvalue weighted by atomic mass is 16.3. The van der Waals surface area contributed by atoms with Crippen molar-refractivity contribution in [3.8, 4) is 0 Å². The molecule has 4 N–H and O–H groups in total. The minimum absolute atomic E-state index is 0.186. The molecule has 0 spiro atoms. The molecule has 1 atom stereocenters. The van der Waals surface area contributed by atoms with Crippen molar-refractivity contribution >= 4 is 11.6 Å². The van der Waals surface area contributed by atoms with Crippen molar-refractivity contribution in [1.29, 1.82) is 0 Å². The summed E-state index contributed by atoms with van der Waals surface area (Å²) in [6.07, 6.45) is 2.29. The average molecular weight is 223 g/mol. The molecule has 0 aromatic carbocycles. The molecule has 0 aliphatic rings. The fourth-order valence-electron chi connectivity index (χ4n) is 1.29. The summed E-state index contributed by atoms with van der Waals surface area (Å²) in [4.78, 5) is 14.7. The number of carbonyl (C=O) groups is 1. The van der Waals surface area contributed by atoms with Gasteiger partial charge in [-0.3, -0.25) is 9.78 Å². The quantitative estimate of drug-likeness (QED) is 0.659. The lowest BCUT2D eigenvalue weighted by molar-refractivity contribution is 0.0995. The number of nitrogens with two attached hydrogens (primary N) is 1. The Hall–Kier alpha value is -1.62. The van der Waals surface area contributed by atoms with Crippen LogP contribution < -0.4 is 11.1 Å². The van der Waals surface area contributed by atoms with Crippen LogP contribution in [-0.4, -0.2) is 29.1 Å². The van der Waals surface area contributed by atoms with Crippen LogP contribution in [0.3, 0.4) is 0 Å². The maximum absolute atomic E-state index is 10.9. The van der Waals surface area contributed by atoms with E-state index in [0.717, 1.165) is 18.7 Å². The number of anilines is 1. The maximum Gasteiger partial charge on any atom is 0.267 e. The number of nitrogens with one attached hydrogen (secondary N) is 1. The Morgan fingerprint density at radius 3 is 3.06 bits per heavy atom. The van der Waals surface area contributed by atoms with Gasteiger partial charge in [-0.2, -0.15) is 0 Å². The van der Waals surface area contributed by atoms with Crippen LogP contribution in [0.2, 0.25) is 0 Å². The Balaban J connectivity index is 2.54. The molecule has 88 valence electrons. The van der Waals surface area contributed by atoms with Gasteiger partial charge in [0.2, 0.25) is 0 Å². The van der Waals surface area contributed by atoms with Gasteiger partial charge in [0.05, 0.1) is 0 Å². The fourth-order valence-corrected chi connectivity index (χ4v) is 1.29. The molecular weight excluding hydrogens is 206 g/mol. The first kappa shape index (κ1) is 12.4. The molecule has 1 unspecified atom stereocenters. The second-order valence-corrected chi connectivity index (χ2v) is 3.79. The van der Waals surface area contributed by atoms with Gasteiger partial charge in [-0.15, -0.1) is 0 Å². The molecule has 0 bridgehead atoms. The van der Waals surface area contributed by atoms with Crippen LogP contribution in [0.15, 0.2) is 18.3 Å². The number of aliphatic hydroxyl groups is 1. The predicted octanol–water partition coefficient (Wildman–Crippen LogP) is 0.611. The van der Waals surface area contributed by atoms with E-state index in [9.17, 15) is 4.79 Å². The van der Waals surface area contributed by atoms with Gasteiger partial charge in [0.25, 0.3) is 5.91 Å². The molecule has 16 heavy (non-hydrogen) atoms. The molecule has 0 fully saturated rings. The number of nitrogens with zero attached hydrogens (tertiary/aromatic N) is 1. The molecule has 1 rings (SSSR count). The molecule has 1 amide bonds. The van der Waals surface area contributed by atoms with Crippen LogP contribution in [0.4, 0.5) is 5.69 Å². The molecule has 0 radical (unpaired) electrons. The van der Waals surface area contributed by atoms with Gasteiger partial charge in [-0.25, -0.2) is 0 Å².